The predicted octanol–water partition coefficient (Wildman–Crippen LogP) is 1.19. The monoisotopic (exact) mass is 276 g/mol. The zero-order valence-electron chi connectivity index (χ0n) is 10.6. The van der Waals surface area contributed by atoms with Crippen molar-refractivity contribution in [2.45, 2.75) is 0 Å². The Morgan fingerprint density at radius 1 is 1.25 bits per heavy atom. The average Bonchev–Trinajstić information content (AvgIpc) is 2.48. The Balaban J connectivity index is 1.92. The topological polar surface area (TPSA) is 99.7 Å². The molecule has 8 nitrogen and oxygen atoms in total. The zero-order valence-corrected chi connectivity index (χ0v) is 10.6. The summed E-state index contributed by atoms with van der Waals surface area (Å²) >= 11 is 0. The third kappa shape index (κ3) is 3.14. The minimum atomic E-state index is -0.521. The van der Waals surface area contributed by atoms with Crippen molar-refractivity contribution in [1.29, 1.82) is 5.26 Å². The van der Waals surface area contributed by atoms with Crippen LogP contribution in [0.4, 0.5) is 10.5 Å². The summed E-state index contributed by atoms with van der Waals surface area (Å²) in [4.78, 5) is 24.9. The normalized spacial score (nSPS) is 14.6. The molecule has 1 aromatic carbocycles. The van der Waals surface area contributed by atoms with Crippen molar-refractivity contribution in [3.05, 3.63) is 34.4 Å². The molecule has 0 bridgehead atoms. The molecule has 1 aromatic rings. The number of carbonyl (C=O) groups excluding carboxylic acids is 1. The highest BCUT2D eigenvalue weighted by molar-refractivity contribution is 5.71. The van der Waals surface area contributed by atoms with Gasteiger partial charge in [0.15, 0.2) is 6.19 Å². The summed E-state index contributed by atoms with van der Waals surface area (Å²) < 4.78 is 5.12. The Kier molecular flexibility index (Phi) is 4.00. The van der Waals surface area contributed by atoms with Crippen molar-refractivity contribution in [3.63, 3.8) is 0 Å². The van der Waals surface area contributed by atoms with Crippen LogP contribution in [0.2, 0.25) is 0 Å². The lowest BCUT2D eigenvalue weighted by Gasteiger charge is -2.30. The van der Waals surface area contributed by atoms with Crippen LogP contribution in [0.3, 0.4) is 0 Å². The van der Waals surface area contributed by atoms with Crippen LogP contribution in [0.1, 0.15) is 0 Å². The number of nitrogens with zero attached hydrogens (tertiary/aromatic N) is 4. The molecule has 0 N–H and O–H groups in total. The summed E-state index contributed by atoms with van der Waals surface area (Å²) in [5.41, 5.74) is -0.0626. The summed E-state index contributed by atoms with van der Waals surface area (Å²) in [6.07, 6.45) is 1.50. The molecule has 20 heavy (non-hydrogen) atoms. The Morgan fingerprint density at radius 2 is 1.85 bits per heavy atom. The van der Waals surface area contributed by atoms with Gasteiger partial charge in [0, 0.05) is 38.3 Å². The smallest absolute Gasteiger partial charge is 0.410 e. The summed E-state index contributed by atoms with van der Waals surface area (Å²) in [5, 5.41) is 19.2. The van der Waals surface area contributed by atoms with E-state index in [9.17, 15) is 14.9 Å². The molecule has 1 aliphatic rings. The Morgan fingerprint density at radius 3 is 2.35 bits per heavy atom. The van der Waals surface area contributed by atoms with Gasteiger partial charge in [-0.1, -0.05) is 0 Å². The van der Waals surface area contributed by atoms with Crippen molar-refractivity contribution in [2.75, 3.05) is 26.2 Å². The van der Waals surface area contributed by atoms with Crippen LogP contribution in [0.25, 0.3) is 0 Å². The fourth-order valence-corrected chi connectivity index (χ4v) is 1.79. The summed E-state index contributed by atoms with van der Waals surface area (Å²) in [6.45, 7) is 1.79. The van der Waals surface area contributed by atoms with Crippen LogP contribution >= 0.6 is 0 Å². The summed E-state index contributed by atoms with van der Waals surface area (Å²) in [6, 6.07) is 5.30. The van der Waals surface area contributed by atoms with Crippen LogP contribution in [0, 0.1) is 21.6 Å². The first-order valence-corrected chi connectivity index (χ1v) is 5.96. The number of nitro groups is 1. The van der Waals surface area contributed by atoms with Crippen LogP contribution in [-0.2, 0) is 0 Å². The van der Waals surface area contributed by atoms with Gasteiger partial charge in [-0.05, 0) is 12.1 Å². The van der Waals surface area contributed by atoms with Crippen LogP contribution in [0.5, 0.6) is 5.75 Å². The third-order valence-electron chi connectivity index (χ3n) is 2.93. The molecule has 2 rings (SSSR count). The Bertz CT molecular complexity index is 544. The Labute approximate surface area is 114 Å². The summed E-state index contributed by atoms with van der Waals surface area (Å²) in [7, 11) is 0. The van der Waals surface area contributed by atoms with E-state index in [0.29, 0.717) is 26.2 Å². The lowest BCUT2D eigenvalue weighted by molar-refractivity contribution is -0.384. The van der Waals surface area contributed by atoms with Gasteiger partial charge in [-0.15, -0.1) is 0 Å². The van der Waals surface area contributed by atoms with Crippen molar-refractivity contribution < 1.29 is 14.5 Å². The Hall–Kier alpha value is -2.82. The largest absolute Gasteiger partial charge is 0.415 e. The molecule has 0 saturated carbocycles. The first-order valence-electron chi connectivity index (χ1n) is 5.96. The van der Waals surface area contributed by atoms with Gasteiger partial charge in [-0.3, -0.25) is 10.1 Å². The molecule has 0 spiro atoms. The first-order chi connectivity index (χ1) is 9.60. The number of nitriles is 1. The van der Waals surface area contributed by atoms with Crippen LogP contribution in [-0.4, -0.2) is 47.0 Å². The van der Waals surface area contributed by atoms with Crippen LogP contribution in [0.15, 0.2) is 24.3 Å². The van der Waals surface area contributed by atoms with Crippen molar-refractivity contribution in [1.82, 2.24) is 9.80 Å². The SMILES string of the molecule is N#CN1CCN(C(=O)Oc2ccc([N+](=O)[O-])cc2)CC1. The second kappa shape index (κ2) is 5.88. The lowest BCUT2D eigenvalue weighted by Crippen LogP contribution is -2.47. The number of hydrogen-bond acceptors (Lipinski definition) is 6. The second-order valence-electron chi connectivity index (χ2n) is 4.19. The molecule has 0 aliphatic carbocycles. The highest BCUT2D eigenvalue weighted by Gasteiger charge is 2.22. The minimum absolute atomic E-state index is 0.0626. The molecule has 1 fully saturated rings. The number of piperazine rings is 1. The van der Waals surface area contributed by atoms with E-state index in [0.717, 1.165) is 0 Å². The molecule has 1 amide bonds. The highest BCUT2D eigenvalue weighted by Crippen LogP contribution is 2.18. The maximum absolute atomic E-state index is 11.8. The number of benzene rings is 1. The van der Waals surface area contributed by atoms with E-state index >= 15 is 0 Å². The number of amides is 1. The number of nitro benzene ring substituents is 1. The lowest BCUT2D eigenvalue weighted by atomic mass is 10.3. The van der Waals surface area contributed by atoms with E-state index in [2.05, 4.69) is 0 Å². The molecule has 8 heteroatoms. The molecule has 1 saturated heterocycles. The van der Waals surface area contributed by atoms with Crippen molar-refractivity contribution >= 4 is 11.8 Å². The van der Waals surface area contributed by atoms with E-state index in [1.54, 1.807) is 4.90 Å². The number of carbonyl (C=O) groups is 1. The maximum Gasteiger partial charge on any atom is 0.415 e. The van der Waals surface area contributed by atoms with Crippen molar-refractivity contribution in [2.24, 2.45) is 0 Å². The van der Waals surface area contributed by atoms with Crippen LogP contribution < -0.4 is 4.74 Å². The molecular weight excluding hydrogens is 264 g/mol. The van der Waals surface area contributed by atoms with Gasteiger partial charge in [0.05, 0.1) is 4.92 Å². The quantitative estimate of drug-likeness (QED) is 0.457. The van der Waals surface area contributed by atoms with E-state index < -0.39 is 11.0 Å². The van der Waals surface area contributed by atoms with Gasteiger partial charge in [0.25, 0.3) is 5.69 Å². The van der Waals surface area contributed by atoms with Gasteiger partial charge < -0.3 is 14.5 Å². The molecule has 1 heterocycles. The molecular formula is C12H12N4O4. The molecule has 104 valence electrons. The predicted molar refractivity (Wildman–Crippen MR) is 67.9 cm³/mol. The van der Waals surface area contributed by atoms with Gasteiger partial charge in [-0.25, -0.2) is 4.79 Å². The van der Waals surface area contributed by atoms with Gasteiger partial charge in [0.2, 0.25) is 0 Å². The fourth-order valence-electron chi connectivity index (χ4n) is 1.79. The third-order valence-corrected chi connectivity index (χ3v) is 2.93. The second-order valence-corrected chi connectivity index (χ2v) is 4.19. The van der Waals surface area contributed by atoms with Gasteiger partial charge in [0.1, 0.15) is 5.75 Å². The average molecular weight is 276 g/mol. The number of non-ortho nitro benzene ring substituents is 1. The molecule has 0 aromatic heterocycles. The van der Waals surface area contributed by atoms with Gasteiger partial charge in [-0.2, -0.15) is 5.26 Å². The minimum Gasteiger partial charge on any atom is -0.410 e. The fraction of sp³-hybridized carbons (Fsp3) is 0.333. The molecule has 0 radical (unpaired) electrons. The van der Waals surface area contributed by atoms with E-state index in [1.807, 2.05) is 6.19 Å². The molecule has 0 unspecified atom stereocenters. The van der Waals surface area contributed by atoms with E-state index in [-0.39, 0.29) is 11.4 Å². The molecule has 1 aliphatic heterocycles. The summed E-state index contributed by atoms with van der Waals surface area (Å²) in [5.74, 6) is 0.253. The molecule has 0 atom stereocenters. The number of hydrogen-bond donors (Lipinski definition) is 0. The maximum atomic E-state index is 11.8. The van der Waals surface area contributed by atoms with E-state index in [1.165, 1.54) is 29.2 Å². The zero-order chi connectivity index (χ0) is 14.5. The number of rotatable bonds is 2. The van der Waals surface area contributed by atoms with Crippen molar-refractivity contribution in [3.8, 4) is 11.9 Å². The van der Waals surface area contributed by atoms with Gasteiger partial charge >= 0.3 is 6.09 Å². The number of ether oxygens (including phenoxy) is 1. The first kappa shape index (κ1) is 13.6. The highest BCUT2D eigenvalue weighted by atomic mass is 16.6. The standard InChI is InChI=1S/C12H12N4O4/c13-9-14-5-7-15(8-6-14)12(17)20-11-3-1-10(2-4-11)16(18)19/h1-4H,5-8H2. The van der Waals surface area contributed by atoms with E-state index in [4.69, 9.17) is 10.00 Å².